The molecule has 94 valence electrons. The average molecular weight is 249 g/mol. The van der Waals surface area contributed by atoms with Gasteiger partial charge in [-0.1, -0.05) is 30.9 Å². The molecule has 17 heavy (non-hydrogen) atoms. The minimum absolute atomic E-state index is 0.108. The molecule has 1 saturated carbocycles. The molecular formula is C15H23NS. The Bertz CT molecular complexity index is 385. The van der Waals surface area contributed by atoms with E-state index in [0.717, 1.165) is 5.92 Å². The smallest absolute Gasteiger partial charge is 0.0605 e. The van der Waals surface area contributed by atoms with Crippen molar-refractivity contribution in [2.45, 2.75) is 57.9 Å². The first kappa shape index (κ1) is 12.8. The van der Waals surface area contributed by atoms with Gasteiger partial charge in [0.1, 0.15) is 0 Å². The van der Waals surface area contributed by atoms with Crippen LogP contribution in [0.3, 0.4) is 0 Å². The van der Waals surface area contributed by atoms with Crippen molar-refractivity contribution in [2.24, 2.45) is 5.73 Å². The van der Waals surface area contributed by atoms with Crippen LogP contribution in [0.4, 0.5) is 0 Å². The molecule has 1 atom stereocenters. The Balaban J connectivity index is 2.21. The first-order valence-electron chi connectivity index (χ1n) is 6.69. The topological polar surface area (TPSA) is 26.0 Å². The highest BCUT2D eigenvalue weighted by molar-refractivity contribution is 7.10. The molecule has 2 rings (SSSR count). The van der Waals surface area contributed by atoms with Crippen molar-refractivity contribution < 1.29 is 0 Å². The molecule has 0 radical (unpaired) electrons. The lowest BCUT2D eigenvalue weighted by molar-refractivity contribution is 0.442. The summed E-state index contributed by atoms with van der Waals surface area (Å²) in [6.45, 7) is 4.21. The van der Waals surface area contributed by atoms with Crippen molar-refractivity contribution in [3.05, 3.63) is 33.5 Å². The van der Waals surface area contributed by atoms with E-state index in [1.807, 2.05) is 11.3 Å². The molecule has 2 N–H and O–H groups in total. The van der Waals surface area contributed by atoms with Gasteiger partial charge in [-0.2, -0.15) is 0 Å². The fourth-order valence-electron chi connectivity index (χ4n) is 2.72. The van der Waals surface area contributed by atoms with Gasteiger partial charge in [-0.05, 0) is 49.6 Å². The highest BCUT2D eigenvalue weighted by atomic mass is 32.1. The Labute approximate surface area is 109 Å². The van der Waals surface area contributed by atoms with Crippen LogP contribution in [0.5, 0.6) is 0 Å². The third-order valence-corrected chi connectivity index (χ3v) is 5.02. The van der Waals surface area contributed by atoms with Crippen molar-refractivity contribution in [2.75, 3.05) is 0 Å². The van der Waals surface area contributed by atoms with Crippen molar-refractivity contribution in [1.82, 2.24) is 0 Å². The summed E-state index contributed by atoms with van der Waals surface area (Å²) < 4.78 is 0. The second-order valence-electron chi connectivity index (χ2n) is 5.09. The van der Waals surface area contributed by atoms with Crippen LogP contribution in [0.2, 0.25) is 0 Å². The van der Waals surface area contributed by atoms with Crippen LogP contribution >= 0.6 is 11.3 Å². The predicted molar refractivity (Wildman–Crippen MR) is 76.5 cm³/mol. The number of rotatable bonds is 3. The van der Waals surface area contributed by atoms with E-state index < -0.39 is 0 Å². The molecule has 1 unspecified atom stereocenters. The zero-order chi connectivity index (χ0) is 12.3. The Morgan fingerprint density at radius 1 is 1.41 bits per heavy atom. The predicted octanol–water partition coefficient (Wildman–Crippen LogP) is 4.76. The molecule has 0 saturated heterocycles. The zero-order valence-corrected chi connectivity index (χ0v) is 11.7. The Morgan fingerprint density at radius 3 is 2.76 bits per heavy atom. The van der Waals surface area contributed by atoms with E-state index in [-0.39, 0.29) is 6.04 Å². The van der Waals surface area contributed by atoms with E-state index in [4.69, 9.17) is 5.73 Å². The zero-order valence-electron chi connectivity index (χ0n) is 10.9. The van der Waals surface area contributed by atoms with Crippen LogP contribution in [0.25, 0.3) is 0 Å². The second kappa shape index (κ2) is 5.83. The first-order chi connectivity index (χ1) is 8.24. The number of hydrogen-bond donors (Lipinski definition) is 1. The molecule has 1 aromatic rings. The van der Waals surface area contributed by atoms with Crippen LogP contribution in [0.1, 0.15) is 68.4 Å². The monoisotopic (exact) mass is 249 g/mol. The molecule has 1 nitrogen and oxygen atoms in total. The van der Waals surface area contributed by atoms with Gasteiger partial charge in [-0.15, -0.1) is 11.3 Å². The van der Waals surface area contributed by atoms with Crippen molar-refractivity contribution in [3.63, 3.8) is 0 Å². The molecule has 0 spiro atoms. The molecule has 1 aromatic heterocycles. The maximum Gasteiger partial charge on any atom is 0.0605 e. The van der Waals surface area contributed by atoms with E-state index in [1.54, 1.807) is 0 Å². The number of nitrogens with two attached hydrogens (primary N) is 1. The summed E-state index contributed by atoms with van der Waals surface area (Å²) in [7, 11) is 0. The number of allylic oxidation sites excluding steroid dienone is 1. The summed E-state index contributed by atoms with van der Waals surface area (Å²) >= 11 is 1.83. The molecule has 1 aliphatic rings. The van der Waals surface area contributed by atoms with Crippen LogP contribution in [0, 0.1) is 0 Å². The first-order valence-corrected chi connectivity index (χ1v) is 7.57. The van der Waals surface area contributed by atoms with E-state index in [0.29, 0.717) is 0 Å². The van der Waals surface area contributed by atoms with Crippen molar-refractivity contribution in [3.8, 4) is 0 Å². The van der Waals surface area contributed by atoms with E-state index in [9.17, 15) is 0 Å². The van der Waals surface area contributed by atoms with Gasteiger partial charge in [-0.25, -0.2) is 0 Å². The van der Waals surface area contributed by atoms with Crippen molar-refractivity contribution >= 4 is 11.3 Å². The lowest BCUT2D eigenvalue weighted by atomic mass is 9.83. The fourth-order valence-corrected chi connectivity index (χ4v) is 3.79. The summed E-state index contributed by atoms with van der Waals surface area (Å²) in [5.74, 6) is 0.765. The minimum Gasteiger partial charge on any atom is -0.320 e. The van der Waals surface area contributed by atoms with Crippen LogP contribution in [-0.2, 0) is 0 Å². The molecule has 0 amide bonds. The van der Waals surface area contributed by atoms with Crippen LogP contribution in [-0.4, -0.2) is 0 Å². The Morgan fingerprint density at radius 2 is 2.12 bits per heavy atom. The molecular weight excluding hydrogens is 226 g/mol. The normalized spacial score (nSPS) is 20.5. The molecule has 0 aromatic carbocycles. The highest BCUT2D eigenvalue weighted by Crippen LogP contribution is 2.39. The molecule has 0 aliphatic heterocycles. The number of hydrogen-bond acceptors (Lipinski definition) is 2. The fraction of sp³-hybridized carbons (Fsp3) is 0.600. The SMILES string of the molecule is CC=C(C)C(N)c1sccc1C1CCCCC1. The lowest BCUT2D eigenvalue weighted by Gasteiger charge is -2.24. The molecule has 1 aliphatic carbocycles. The van der Waals surface area contributed by atoms with Crippen molar-refractivity contribution in [1.29, 1.82) is 0 Å². The quantitative estimate of drug-likeness (QED) is 0.768. The van der Waals surface area contributed by atoms with Gasteiger partial charge >= 0.3 is 0 Å². The maximum absolute atomic E-state index is 6.34. The lowest BCUT2D eigenvalue weighted by Crippen LogP contribution is -2.14. The summed E-state index contributed by atoms with van der Waals surface area (Å²) in [5, 5.41) is 2.21. The number of thiophene rings is 1. The minimum atomic E-state index is 0.108. The summed E-state index contributed by atoms with van der Waals surface area (Å²) in [4.78, 5) is 1.40. The second-order valence-corrected chi connectivity index (χ2v) is 6.03. The van der Waals surface area contributed by atoms with E-state index in [1.165, 1.54) is 48.1 Å². The van der Waals surface area contributed by atoms with Gasteiger partial charge < -0.3 is 5.73 Å². The van der Waals surface area contributed by atoms with Gasteiger partial charge in [0.2, 0.25) is 0 Å². The third-order valence-electron chi connectivity index (χ3n) is 4.00. The molecule has 1 heterocycles. The van der Waals surface area contributed by atoms with Gasteiger partial charge in [0.05, 0.1) is 6.04 Å². The van der Waals surface area contributed by atoms with Gasteiger partial charge in [0.15, 0.2) is 0 Å². The van der Waals surface area contributed by atoms with Gasteiger partial charge in [0.25, 0.3) is 0 Å². The van der Waals surface area contributed by atoms with E-state index >= 15 is 0 Å². The van der Waals surface area contributed by atoms with Crippen LogP contribution in [0.15, 0.2) is 23.1 Å². The highest BCUT2D eigenvalue weighted by Gasteiger charge is 2.22. The molecule has 2 heteroatoms. The van der Waals surface area contributed by atoms with Crippen LogP contribution < -0.4 is 5.73 Å². The Kier molecular flexibility index (Phi) is 4.41. The molecule has 1 fully saturated rings. The standard InChI is InChI=1S/C15H23NS/c1-3-11(2)14(16)15-13(9-10-17-15)12-7-5-4-6-8-12/h3,9-10,12,14H,4-8,16H2,1-2H3. The summed E-state index contributed by atoms with van der Waals surface area (Å²) in [6.07, 6.45) is 9.03. The van der Waals surface area contributed by atoms with Gasteiger partial charge in [-0.3, -0.25) is 0 Å². The maximum atomic E-state index is 6.34. The largest absolute Gasteiger partial charge is 0.320 e. The third kappa shape index (κ3) is 2.80. The van der Waals surface area contributed by atoms with Gasteiger partial charge in [0, 0.05) is 4.88 Å². The average Bonchev–Trinajstić information content (AvgIpc) is 2.87. The summed E-state index contributed by atoms with van der Waals surface area (Å²) in [5.41, 5.74) is 9.16. The summed E-state index contributed by atoms with van der Waals surface area (Å²) in [6, 6.07) is 2.41. The van der Waals surface area contributed by atoms with E-state index in [2.05, 4.69) is 31.4 Å². The molecule has 0 bridgehead atoms. The Hall–Kier alpha value is -0.600.